The number of hydrogen-bond acceptors (Lipinski definition) is 3. The third-order valence-corrected chi connectivity index (χ3v) is 3.91. The van der Waals surface area contributed by atoms with Gasteiger partial charge in [-0.1, -0.05) is 27.7 Å². The molecule has 0 aromatic carbocycles. The lowest BCUT2D eigenvalue weighted by Gasteiger charge is -2.20. The van der Waals surface area contributed by atoms with Crippen molar-refractivity contribution in [2.45, 2.75) is 34.1 Å². The van der Waals surface area contributed by atoms with E-state index in [9.17, 15) is 8.42 Å². The Bertz CT molecular complexity index is 273. The Morgan fingerprint density at radius 2 is 1.56 bits per heavy atom. The van der Waals surface area contributed by atoms with E-state index >= 15 is 0 Å². The molecule has 1 N–H and O–H groups in total. The van der Waals surface area contributed by atoms with Crippen LogP contribution in [0.1, 0.15) is 34.1 Å². The molecule has 0 bridgehead atoms. The van der Waals surface area contributed by atoms with Crippen molar-refractivity contribution < 1.29 is 8.42 Å². The Hall–Kier alpha value is -0.0900. The molecule has 0 fully saturated rings. The van der Waals surface area contributed by atoms with E-state index in [1.807, 2.05) is 0 Å². The minimum absolute atomic E-state index is 0.308. The molecular formula is C12H27NO2S. The summed E-state index contributed by atoms with van der Waals surface area (Å²) in [5.74, 6) is 1.95. The molecule has 0 aromatic rings. The summed E-state index contributed by atoms with van der Waals surface area (Å²) in [6, 6.07) is 0. The lowest BCUT2D eigenvalue weighted by atomic mass is 9.93. The second-order valence-corrected chi connectivity index (χ2v) is 7.68. The van der Waals surface area contributed by atoms with Crippen LogP contribution in [0.15, 0.2) is 0 Å². The van der Waals surface area contributed by atoms with Gasteiger partial charge in [0.25, 0.3) is 0 Å². The van der Waals surface area contributed by atoms with Gasteiger partial charge in [0.05, 0.1) is 5.75 Å². The van der Waals surface area contributed by atoms with E-state index in [1.54, 1.807) is 0 Å². The first-order valence-electron chi connectivity index (χ1n) is 6.10. The van der Waals surface area contributed by atoms with Crippen LogP contribution in [0.2, 0.25) is 0 Å². The van der Waals surface area contributed by atoms with Gasteiger partial charge in [0.15, 0.2) is 0 Å². The normalized spacial score (nSPS) is 16.4. The SMILES string of the molecule is CC(C)CNCC(C)C(C)CCS(C)(=O)=O. The summed E-state index contributed by atoms with van der Waals surface area (Å²) >= 11 is 0. The average molecular weight is 249 g/mol. The molecule has 0 heterocycles. The second kappa shape index (κ2) is 7.28. The van der Waals surface area contributed by atoms with E-state index in [0.717, 1.165) is 19.5 Å². The van der Waals surface area contributed by atoms with Crippen molar-refractivity contribution in [3.8, 4) is 0 Å². The van der Waals surface area contributed by atoms with Crippen molar-refractivity contribution in [2.75, 3.05) is 25.1 Å². The second-order valence-electron chi connectivity index (χ2n) is 5.43. The van der Waals surface area contributed by atoms with Gasteiger partial charge in [-0.25, -0.2) is 8.42 Å². The van der Waals surface area contributed by atoms with Crippen molar-refractivity contribution in [1.82, 2.24) is 5.32 Å². The zero-order chi connectivity index (χ0) is 12.8. The molecule has 0 aliphatic heterocycles. The predicted molar refractivity (Wildman–Crippen MR) is 70.4 cm³/mol. The number of nitrogens with one attached hydrogen (secondary N) is 1. The molecule has 0 saturated heterocycles. The van der Waals surface area contributed by atoms with Crippen LogP contribution in [0.25, 0.3) is 0 Å². The van der Waals surface area contributed by atoms with E-state index in [-0.39, 0.29) is 0 Å². The Balaban J connectivity index is 3.77. The van der Waals surface area contributed by atoms with Crippen LogP contribution < -0.4 is 5.32 Å². The Labute approximate surface area is 101 Å². The lowest BCUT2D eigenvalue weighted by molar-refractivity contribution is 0.351. The molecule has 0 aliphatic rings. The van der Waals surface area contributed by atoms with Crippen LogP contribution >= 0.6 is 0 Å². The van der Waals surface area contributed by atoms with E-state index in [4.69, 9.17) is 0 Å². The van der Waals surface area contributed by atoms with Crippen LogP contribution in [0.4, 0.5) is 0 Å². The van der Waals surface area contributed by atoms with Crippen molar-refractivity contribution in [2.24, 2.45) is 17.8 Å². The molecule has 2 unspecified atom stereocenters. The van der Waals surface area contributed by atoms with E-state index in [0.29, 0.717) is 23.5 Å². The fourth-order valence-corrected chi connectivity index (χ4v) is 2.29. The first kappa shape index (κ1) is 15.9. The van der Waals surface area contributed by atoms with Gasteiger partial charge < -0.3 is 5.32 Å². The highest BCUT2D eigenvalue weighted by molar-refractivity contribution is 7.90. The number of sulfone groups is 1. The van der Waals surface area contributed by atoms with Crippen molar-refractivity contribution in [3.05, 3.63) is 0 Å². The van der Waals surface area contributed by atoms with Crippen LogP contribution in [0.3, 0.4) is 0 Å². The summed E-state index contributed by atoms with van der Waals surface area (Å²) in [6.45, 7) is 10.7. The summed E-state index contributed by atoms with van der Waals surface area (Å²) in [7, 11) is -2.81. The zero-order valence-corrected chi connectivity index (χ0v) is 12.1. The Morgan fingerprint density at radius 3 is 2.00 bits per heavy atom. The summed E-state index contributed by atoms with van der Waals surface area (Å²) < 4.78 is 22.1. The molecule has 0 radical (unpaired) electrons. The quantitative estimate of drug-likeness (QED) is 0.715. The molecule has 0 rings (SSSR count). The Morgan fingerprint density at radius 1 is 1.00 bits per heavy atom. The summed E-state index contributed by atoms with van der Waals surface area (Å²) in [6.07, 6.45) is 2.07. The largest absolute Gasteiger partial charge is 0.316 e. The maximum absolute atomic E-state index is 11.0. The van der Waals surface area contributed by atoms with Crippen LogP contribution in [-0.2, 0) is 9.84 Å². The smallest absolute Gasteiger partial charge is 0.147 e. The van der Waals surface area contributed by atoms with Crippen LogP contribution in [0, 0.1) is 17.8 Å². The van der Waals surface area contributed by atoms with Crippen molar-refractivity contribution in [1.29, 1.82) is 0 Å². The topological polar surface area (TPSA) is 46.2 Å². The summed E-state index contributed by atoms with van der Waals surface area (Å²) in [5, 5.41) is 3.41. The van der Waals surface area contributed by atoms with E-state index in [1.165, 1.54) is 6.26 Å². The lowest BCUT2D eigenvalue weighted by Crippen LogP contribution is -2.28. The number of rotatable bonds is 8. The van der Waals surface area contributed by atoms with Gasteiger partial charge in [0.1, 0.15) is 9.84 Å². The first-order valence-corrected chi connectivity index (χ1v) is 8.17. The molecule has 0 saturated carbocycles. The van der Waals surface area contributed by atoms with Crippen molar-refractivity contribution in [3.63, 3.8) is 0 Å². The fraction of sp³-hybridized carbons (Fsp3) is 1.00. The van der Waals surface area contributed by atoms with E-state index in [2.05, 4.69) is 33.0 Å². The molecule has 2 atom stereocenters. The highest BCUT2D eigenvalue weighted by atomic mass is 32.2. The molecule has 4 heteroatoms. The molecule has 0 spiro atoms. The highest BCUT2D eigenvalue weighted by Gasteiger charge is 2.14. The van der Waals surface area contributed by atoms with Gasteiger partial charge in [-0.15, -0.1) is 0 Å². The minimum atomic E-state index is -2.81. The molecule has 0 amide bonds. The third kappa shape index (κ3) is 9.16. The molecule has 0 aromatic heterocycles. The molecule has 16 heavy (non-hydrogen) atoms. The van der Waals surface area contributed by atoms with Crippen LogP contribution in [0.5, 0.6) is 0 Å². The average Bonchev–Trinajstić information content (AvgIpc) is 2.12. The molecular weight excluding hydrogens is 222 g/mol. The van der Waals surface area contributed by atoms with Gasteiger partial charge in [-0.05, 0) is 37.3 Å². The molecule has 0 aliphatic carbocycles. The van der Waals surface area contributed by atoms with Crippen LogP contribution in [-0.4, -0.2) is 33.5 Å². The minimum Gasteiger partial charge on any atom is -0.316 e. The van der Waals surface area contributed by atoms with Crippen molar-refractivity contribution >= 4 is 9.84 Å². The standard InChI is InChI=1S/C12H27NO2S/c1-10(2)8-13-9-12(4)11(3)6-7-16(5,14)15/h10-13H,6-9H2,1-5H3. The Kier molecular flexibility index (Phi) is 7.24. The third-order valence-electron chi connectivity index (χ3n) is 2.93. The predicted octanol–water partition coefficient (Wildman–Crippen LogP) is 1.94. The van der Waals surface area contributed by atoms with Gasteiger partial charge in [0.2, 0.25) is 0 Å². The summed E-state index contributed by atoms with van der Waals surface area (Å²) in [4.78, 5) is 0. The number of hydrogen-bond donors (Lipinski definition) is 1. The zero-order valence-electron chi connectivity index (χ0n) is 11.3. The molecule has 3 nitrogen and oxygen atoms in total. The van der Waals surface area contributed by atoms with E-state index < -0.39 is 9.84 Å². The van der Waals surface area contributed by atoms with Gasteiger partial charge >= 0.3 is 0 Å². The highest BCUT2D eigenvalue weighted by Crippen LogP contribution is 2.15. The summed E-state index contributed by atoms with van der Waals surface area (Å²) in [5.41, 5.74) is 0. The maximum atomic E-state index is 11.0. The fourth-order valence-electron chi connectivity index (χ4n) is 1.49. The van der Waals surface area contributed by atoms with Gasteiger partial charge in [0, 0.05) is 6.26 Å². The molecule has 98 valence electrons. The monoisotopic (exact) mass is 249 g/mol. The maximum Gasteiger partial charge on any atom is 0.147 e. The van der Waals surface area contributed by atoms with Gasteiger partial charge in [-0.3, -0.25) is 0 Å². The van der Waals surface area contributed by atoms with Gasteiger partial charge in [-0.2, -0.15) is 0 Å². The first-order chi connectivity index (χ1) is 7.22.